The highest BCUT2D eigenvalue weighted by Gasteiger charge is 2.16. The van der Waals surface area contributed by atoms with Gasteiger partial charge in [-0.1, -0.05) is 11.6 Å². The number of methoxy groups -OCH3 is 1. The van der Waals surface area contributed by atoms with E-state index in [-0.39, 0.29) is 5.60 Å². The molecule has 1 N–H and O–H groups in total. The summed E-state index contributed by atoms with van der Waals surface area (Å²) in [7, 11) is 1.67. The molecular formula is C16H22O4. The fourth-order valence-electron chi connectivity index (χ4n) is 1.60. The fraction of sp³-hybridized carbons (Fsp3) is 0.438. The highest BCUT2D eigenvalue weighted by atomic mass is 16.5. The number of benzene rings is 1. The standard InChI is InChI=1S/C16H22O4/c1-12-5-7-14(13(11-12)6-8-15(17)18)20-10-9-16(2,3)19-4/h5-8,11H,9-10H2,1-4H3,(H,17,18)/b8-6+. The number of hydrogen-bond donors (Lipinski definition) is 1. The maximum absolute atomic E-state index is 10.6. The summed E-state index contributed by atoms with van der Waals surface area (Å²) in [5, 5.41) is 8.71. The highest BCUT2D eigenvalue weighted by Crippen LogP contribution is 2.23. The Hall–Kier alpha value is -1.81. The maximum Gasteiger partial charge on any atom is 0.328 e. The minimum absolute atomic E-state index is 0.234. The summed E-state index contributed by atoms with van der Waals surface area (Å²) in [5.74, 6) is -0.294. The topological polar surface area (TPSA) is 55.8 Å². The number of carbonyl (C=O) groups is 1. The molecule has 0 spiro atoms. The number of ether oxygens (including phenoxy) is 2. The zero-order valence-corrected chi connectivity index (χ0v) is 12.5. The van der Waals surface area contributed by atoms with E-state index in [0.29, 0.717) is 12.4 Å². The lowest BCUT2D eigenvalue weighted by Gasteiger charge is -2.23. The number of hydrogen-bond acceptors (Lipinski definition) is 3. The van der Waals surface area contributed by atoms with Crippen LogP contribution in [0.25, 0.3) is 6.08 Å². The van der Waals surface area contributed by atoms with Gasteiger partial charge in [0.1, 0.15) is 5.75 Å². The Labute approximate surface area is 120 Å². The van der Waals surface area contributed by atoms with Gasteiger partial charge < -0.3 is 14.6 Å². The largest absolute Gasteiger partial charge is 0.493 e. The van der Waals surface area contributed by atoms with Gasteiger partial charge in [-0.05, 0) is 39.0 Å². The van der Waals surface area contributed by atoms with Gasteiger partial charge in [0.05, 0.1) is 12.2 Å². The van der Waals surface area contributed by atoms with Gasteiger partial charge in [-0.2, -0.15) is 0 Å². The van der Waals surface area contributed by atoms with Crippen molar-refractivity contribution in [3.63, 3.8) is 0 Å². The molecule has 20 heavy (non-hydrogen) atoms. The van der Waals surface area contributed by atoms with Crippen LogP contribution in [-0.4, -0.2) is 30.4 Å². The van der Waals surface area contributed by atoms with Crippen LogP contribution in [0.5, 0.6) is 5.75 Å². The van der Waals surface area contributed by atoms with Crippen molar-refractivity contribution in [2.45, 2.75) is 32.8 Å². The summed E-state index contributed by atoms with van der Waals surface area (Å²) in [6, 6.07) is 5.70. The quantitative estimate of drug-likeness (QED) is 0.778. The smallest absolute Gasteiger partial charge is 0.328 e. The highest BCUT2D eigenvalue weighted by molar-refractivity contribution is 5.85. The summed E-state index contributed by atoms with van der Waals surface area (Å²) >= 11 is 0. The lowest BCUT2D eigenvalue weighted by molar-refractivity contribution is -0.131. The van der Waals surface area contributed by atoms with E-state index in [0.717, 1.165) is 23.6 Å². The molecule has 0 aliphatic carbocycles. The van der Waals surface area contributed by atoms with Crippen LogP contribution in [0, 0.1) is 6.92 Å². The third-order valence-corrected chi connectivity index (χ3v) is 3.09. The minimum atomic E-state index is -0.974. The van der Waals surface area contributed by atoms with E-state index in [4.69, 9.17) is 14.6 Å². The lowest BCUT2D eigenvalue weighted by atomic mass is 10.1. The van der Waals surface area contributed by atoms with E-state index >= 15 is 0 Å². The van der Waals surface area contributed by atoms with Crippen LogP contribution < -0.4 is 4.74 Å². The van der Waals surface area contributed by atoms with Crippen LogP contribution in [0.4, 0.5) is 0 Å². The summed E-state index contributed by atoms with van der Waals surface area (Å²) in [6.07, 6.45) is 3.41. The van der Waals surface area contributed by atoms with Gasteiger partial charge in [-0.25, -0.2) is 4.79 Å². The second-order valence-corrected chi connectivity index (χ2v) is 5.28. The maximum atomic E-state index is 10.6. The van der Waals surface area contributed by atoms with Gasteiger partial charge in [0, 0.05) is 25.2 Å². The number of aliphatic carboxylic acids is 1. The minimum Gasteiger partial charge on any atom is -0.493 e. The molecule has 0 bridgehead atoms. The summed E-state index contributed by atoms with van der Waals surface area (Å²) < 4.78 is 11.1. The van der Waals surface area contributed by atoms with E-state index in [1.165, 1.54) is 0 Å². The monoisotopic (exact) mass is 278 g/mol. The van der Waals surface area contributed by atoms with E-state index in [2.05, 4.69) is 0 Å². The third-order valence-electron chi connectivity index (χ3n) is 3.09. The van der Waals surface area contributed by atoms with Crippen LogP contribution in [0.1, 0.15) is 31.4 Å². The summed E-state index contributed by atoms with van der Waals surface area (Å²) in [5.41, 5.74) is 1.59. The van der Waals surface area contributed by atoms with Crippen LogP contribution in [0.15, 0.2) is 24.3 Å². The van der Waals surface area contributed by atoms with Crippen molar-refractivity contribution < 1.29 is 19.4 Å². The van der Waals surface area contributed by atoms with Crippen molar-refractivity contribution in [1.82, 2.24) is 0 Å². The van der Waals surface area contributed by atoms with E-state index in [1.807, 2.05) is 39.0 Å². The van der Waals surface area contributed by atoms with Gasteiger partial charge in [0.15, 0.2) is 0 Å². The Balaban J connectivity index is 2.76. The number of rotatable bonds is 7. The lowest BCUT2D eigenvalue weighted by Crippen LogP contribution is -2.25. The van der Waals surface area contributed by atoms with Crippen molar-refractivity contribution >= 4 is 12.0 Å². The molecule has 1 aromatic rings. The van der Waals surface area contributed by atoms with E-state index in [1.54, 1.807) is 13.2 Å². The Kier molecular flexibility index (Phi) is 5.77. The zero-order valence-electron chi connectivity index (χ0n) is 12.5. The number of carboxylic acid groups (broad SMARTS) is 1. The molecule has 0 saturated carbocycles. The Morgan fingerprint density at radius 3 is 2.70 bits per heavy atom. The molecule has 0 radical (unpaired) electrons. The van der Waals surface area contributed by atoms with Gasteiger partial charge in [-0.15, -0.1) is 0 Å². The van der Waals surface area contributed by atoms with Crippen molar-refractivity contribution in [3.05, 3.63) is 35.4 Å². The normalized spacial score (nSPS) is 11.8. The van der Waals surface area contributed by atoms with Crippen LogP contribution in [0.2, 0.25) is 0 Å². The van der Waals surface area contributed by atoms with E-state index in [9.17, 15) is 4.79 Å². The van der Waals surface area contributed by atoms with Crippen molar-refractivity contribution in [3.8, 4) is 5.75 Å². The molecule has 1 rings (SSSR count). The Bertz CT molecular complexity index is 489. The molecule has 0 heterocycles. The molecular weight excluding hydrogens is 256 g/mol. The van der Waals surface area contributed by atoms with Gasteiger partial charge in [0.25, 0.3) is 0 Å². The molecule has 4 heteroatoms. The number of carboxylic acids is 1. The van der Waals surface area contributed by atoms with Crippen LogP contribution >= 0.6 is 0 Å². The molecule has 4 nitrogen and oxygen atoms in total. The van der Waals surface area contributed by atoms with Crippen molar-refractivity contribution in [1.29, 1.82) is 0 Å². The zero-order chi connectivity index (χ0) is 15.2. The van der Waals surface area contributed by atoms with Crippen molar-refractivity contribution in [2.24, 2.45) is 0 Å². The first kappa shape index (κ1) is 16.2. The predicted octanol–water partition coefficient (Wildman–Crippen LogP) is 3.29. The second-order valence-electron chi connectivity index (χ2n) is 5.28. The van der Waals surface area contributed by atoms with Crippen LogP contribution in [-0.2, 0) is 9.53 Å². The summed E-state index contributed by atoms with van der Waals surface area (Å²) in [4.78, 5) is 10.6. The summed E-state index contributed by atoms with van der Waals surface area (Å²) in [6.45, 7) is 6.46. The molecule has 110 valence electrons. The SMILES string of the molecule is COC(C)(C)CCOc1ccc(C)cc1/C=C/C(=O)O. The van der Waals surface area contributed by atoms with Gasteiger partial charge >= 0.3 is 5.97 Å². The second kappa shape index (κ2) is 7.10. The predicted molar refractivity (Wildman–Crippen MR) is 79.0 cm³/mol. The molecule has 0 aliphatic heterocycles. The van der Waals surface area contributed by atoms with Gasteiger partial charge in [-0.3, -0.25) is 0 Å². The average molecular weight is 278 g/mol. The first-order valence-electron chi connectivity index (χ1n) is 6.54. The van der Waals surface area contributed by atoms with Crippen LogP contribution in [0.3, 0.4) is 0 Å². The molecule has 0 amide bonds. The molecule has 0 atom stereocenters. The Morgan fingerprint density at radius 2 is 2.10 bits per heavy atom. The van der Waals surface area contributed by atoms with E-state index < -0.39 is 5.97 Å². The van der Waals surface area contributed by atoms with Crippen molar-refractivity contribution in [2.75, 3.05) is 13.7 Å². The van der Waals surface area contributed by atoms with Gasteiger partial charge in [0.2, 0.25) is 0 Å². The molecule has 1 aromatic carbocycles. The first-order chi connectivity index (χ1) is 9.34. The molecule has 0 aliphatic rings. The molecule has 0 saturated heterocycles. The molecule has 0 aromatic heterocycles. The molecule has 0 unspecified atom stereocenters. The average Bonchev–Trinajstić information content (AvgIpc) is 2.38. The fourth-order valence-corrected chi connectivity index (χ4v) is 1.60. The molecule has 0 fully saturated rings. The third kappa shape index (κ3) is 5.45. The number of aryl methyl sites for hydroxylation is 1. The Morgan fingerprint density at radius 1 is 1.40 bits per heavy atom. The first-order valence-corrected chi connectivity index (χ1v) is 6.54.